The maximum absolute atomic E-state index is 13.4. The Bertz CT molecular complexity index is 913. The number of amides is 2. The summed E-state index contributed by atoms with van der Waals surface area (Å²) >= 11 is 0. The molecule has 0 aliphatic heterocycles. The van der Waals surface area contributed by atoms with Gasteiger partial charge < -0.3 is 15.6 Å². The SMILES string of the molecule is O=C(Nc1ccc(C2CCCCC2)cc1)Nc1c[nH]c2ncc(F)cc12. The number of urea groups is 1. The van der Waals surface area contributed by atoms with E-state index in [4.69, 9.17) is 0 Å². The van der Waals surface area contributed by atoms with E-state index in [-0.39, 0.29) is 6.03 Å². The molecule has 3 N–H and O–H groups in total. The fourth-order valence-electron chi connectivity index (χ4n) is 3.64. The van der Waals surface area contributed by atoms with Gasteiger partial charge in [0, 0.05) is 17.3 Å². The Morgan fingerprint density at radius 1 is 1.12 bits per heavy atom. The number of carbonyl (C=O) groups excluding carboxylic acids is 1. The van der Waals surface area contributed by atoms with Crippen LogP contribution in [0.15, 0.2) is 42.7 Å². The van der Waals surface area contributed by atoms with E-state index >= 15 is 0 Å². The van der Waals surface area contributed by atoms with E-state index in [0.717, 1.165) is 11.9 Å². The number of halogens is 1. The van der Waals surface area contributed by atoms with E-state index in [1.165, 1.54) is 43.7 Å². The van der Waals surface area contributed by atoms with Crippen LogP contribution in [0.25, 0.3) is 11.0 Å². The monoisotopic (exact) mass is 352 g/mol. The van der Waals surface area contributed by atoms with Crippen LogP contribution in [-0.2, 0) is 0 Å². The standard InChI is InChI=1S/C20H21FN4O/c21-15-10-17-18(12-23-19(17)22-11-15)25-20(26)24-16-8-6-14(7-9-16)13-4-2-1-3-5-13/h6-13H,1-5H2,(H,22,23)(H2,24,25,26). The number of nitrogens with one attached hydrogen (secondary N) is 3. The molecule has 0 unspecified atom stereocenters. The Morgan fingerprint density at radius 2 is 1.88 bits per heavy atom. The molecule has 2 aromatic heterocycles. The second-order valence-electron chi connectivity index (χ2n) is 6.79. The van der Waals surface area contributed by atoms with Crippen molar-refractivity contribution >= 4 is 28.4 Å². The van der Waals surface area contributed by atoms with Crippen molar-refractivity contribution in [3.8, 4) is 0 Å². The van der Waals surface area contributed by atoms with E-state index in [2.05, 4.69) is 32.7 Å². The third-order valence-corrected chi connectivity index (χ3v) is 4.99. The summed E-state index contributed by atoms with van der Waals surface area (Å²) in [4.78, 5) is 19.1. The number of hydrogen-bond acceptors (Lipinski definition) is 2. The fourth-order valence-corrected chi connectivity index (χ4v) is 3.64. The van der Waals surface area contributed by atoms with Crippen molar-refractivity contribution in [3.05, 3.63) is 54.1 Å². The summed E-state index contributed by atoms with van der Waals surface area (Å²) in [5.74, 6) is 0.194. The molecule has 26 heavy (non-hydrogen) atoms. The third kappa shape index (κ3) is 3.54. The van der Waals surface area contributed by atoms with Gasteiger partial charge in [0.15, 0.2) is 0 Å². The lowest BCUT2D eigenvalue weighted by Crippen LogP contribution is -2.19. The number of H-pyrrole nitrogens is 1. The first-order valence-corrected chi connectivity index (χ1v) is 8.99. The number of hydrogen-bond donors (Lipinski definition) is 3. The minimum absolute atomic E-state index is 0.374. The predicted molar refractivity (Wildman–Crippen MR) is 101 cm³/mol. The molecular weight excluding hydrogens is 331 g/mol. The van der Waals surface area contributed by atoms with Gasteiger partial charge in [-0.25, -0.2) is 14.2 Å². The van der Waals surface area contributed by atoms with Crippen molar-refractivity contribution in [1.29, 1.82) is 0 Å². The number of carbonyl (C=O) groups is 1. The largest absolute Gasteiger partial charge is 0.344 e. The summed E-state index contributed by atoms with van der Waals surface area (Å²) in [6.07, 6.45) is 9.17. The molecule has 134 valence electrons. The van der Waals surface area contributed by atoms with Crippen LogP contribution in [0.1, 0.15) is 43.6 Å². The smallest absolute Gasteiger partial charge is 0.323 e. The molecule has 1 aliphatic carbocycles. The molecule has 1 fully saturated rings. The second-order valence-corrected chi connectivity index (χ2v) is 6.79. The highest BCUT2D eigenvalue weighted by molar-refractivity contribution is 6.05. The van der Waals surface area contributed by atoms with Gasteiger partial charge in [-0.05, 0) is 42.5 Å². The van der Waals surface area contributed by atoms with Crippen LogP contribution in [0.4, 0.5) is 20.6 Å². The van der Waals surface area contributed by atoms with E-state index in [1.54, 1.807) is 6.20 Å². The number of anilines is 2. The van der Waals surface area contributed by atoms with Crippen LogP contribution in [-0.4, -0.2) is 16.0 Å². The first-order valence-electron chi connectivity index (χ1n) is 8.99. The average Bonchev–Trinajstić information content (AvgIpc) is 3.05. The van der Waals surface area contributed by atoms with Crippen LogP contribution in [0, 0.1) is 5.82 Å². The Labute approximate surface area is 151 Å². The van der Waals surface area contributed by atoms with Crippen molar-refractivity contribution in [2.24, 2.45) is 0 Å². The molecule has 2 amide bonds. The number of pyridine rings is 1. The molecule has 0 atom stereocenters. The Kier molecular flexibility index (Phi) is 4.56. The number of rotatable bonds is 3. The van der Waals surface area contributed by atoms with Gasteiger partial charge in [-0.1, -0.05) is 31.4 Å². The molecule has 0 saturated heterocycles. The van der Waals surface area contributed by atoms with Crippen LogP contribution < -0.4 is 10.6 Å². The van der Waals surface area contributed by atoms with Crippen LogP contribution >= 0.6 is 0 Å². The Hall–Kier alpha value is -2.89. The molecule has 2 heterocycles. The number of nitrogens with zero attached hydrogens (tertiary/aromatic N) is 1. The Morgan fingerprint density at radius 3 is 2.65 bits per heavy atom. The van der Waals surface area contributed by atoms with Gasteiger partial charge >= 0.3 is 6.03 Å². The lowest BCUT2D eigenvalue weighted by molar-refractivity contribution is 0.262. The molecule has 1 saturated carbocycles. The molecular formula is C20H21FN4O. The molecule has 4 rings (SSSR count). The number of aromatic amines is 1. The van der Waals surface area contributed by atoms with Gasteiger partial charge in [-0.3, -0.25) is 0 Å². The van der Waals surface area contributed by atoms with Crippen molar-refractivity contribution in [2.75, 3.05) is 10.6 Å². The Balaban J connectivity index is 1.41. The predicted octanol–water partition coefficient (Wildman–Crippen LogP) is 5.39. The van der Waals surface area contributed by atoms with Crippen molar-refractivity contribution < 1.29 is 9.18 Å². The van der Waals surface area contributed by atoms with Gasteiger partial charge in [0.2, 0.25) is 0 Å². The summed E-state index contributed by atoms with van der Waals surface area (Å²) in [5.41, 5.74) is 3.09. The highest BCUT2D eigenvalue weighted by Crippen LogP contribution is 2.33. The molecule has 5 nitrogen and oxygen atoms in total. The maximum Gasteiger partial charge on any atom is 0.323 e. The first kappa shape index (κ1) is 16.6. The minimum Gasteiger partial charge on any atom is -0.344 e. The number of fused-ring (bicyclic) bond motifs is 1. The summed E-state index contributed by atoms with van der Waals surface area (Å²) in [6, 6.07) is 9.01. The first-order chi connectivity index (χ1) is 12.7. The normalized spacial score (nSPS) is 15.1. The van der Waals surface area contributed by atoms with Crippen LogP contribution in [0.5, 0.6) is 0 Å². The number of aromatic nitrogens is 2. The molecule has 1 aromatic carbocycles. The summed E-state index contributed by atoms with van der Waals surface area (Å²) in [6.45, 7) is 0. The van der Waals surface area contributed by atoms with Crippen molar-refractivity contribution in [2.45, 2.75) is 38.0 Å². The van der Waals surface area contributed by atoms with E-state index in [0.29, 0.717) is 22.6 Å². The van der Waals surface area contributed by atoms with Gasteiger partial charge in [-0.15, -0.1) is 0 Å². The van der Waals surface area contributed by atoms with E-state index in [9.17, 15) is 9.18 Å². The lowest BCUT2D eigenvalue weighted by atomic mass is 9.84. The average molecular weight is 352 g/mol. The highest BCUT2D eigenvalue weighted by atomic mass is 19.1. The van der Waals surface area contributed by atoms with Gasteiger partial charge in [0.05, 0.1) is 11.9 Å². The maximum atomic E-state index is 13.4. The zero-order chi connectivity index (χ0) is 17.9. The number of benzene rings is 1. The third-order valence-electron chi connectivity index (χ3n) is 4.99. The summed E-state index contributed by atoms with van der Waals surface area (Å²) in [5, 5.41) is 6.08. The summed E-state index contributed by atoms with van der Waals surface area (Å²) in [7, 11) is 0. The molecule has 3 aromatic rings. The minimum atomic E-state index is -0.446. The lowest BCUT2D eigenvalue weighted by Gasteiger charge is -2.22. The molecule has 1 aliphatic rings. The molecule has 0 bridgehead atoms. The van der Waals surface area contributed by atoms with Crippen molar-refractivity contribution in [3.63, 3.8) is 0 Å². The fraction of sp³-hybridized carbons (Fsp3) is 0.300. The van der Waals surface area contributed by atoms with Crippen LogP contribution in [0.3, 0.4) is 0 Å². The van der Waals surface area contributed by atoms with E-state index in [1.807, 2.05) is 12.1 Å². The van der Waals surface area contributed by atoms with Gasteiger partial charge in [0.1, 0.15) is 11.5 Å². The zero-order valence-electron chi connectivity index (χ0n) is 14.4. The molecule has 0 radical (unpaired) electrons. The van der Waals surface area contributed by atoms with Crippen LogP contribution in [0.2, 0.25) is 0 Å². The highest BCUT2D eigenvalue weighted by Gasteiger charge is 2.15. The van der Waals surface area contributed by atoms with Gasteiger partial charge in [0.25, 0.3) is 0 Å². The molecule has 0 spiro atoms. The van der Waals surface area contributed by atoms with Crippen molar-refractivity contribution in [1.82, 2.24) is 9.97 Å². The van der Waals surface area contributed by atoms with E-state index < -0.39 is 5.82 Å². The zero-order valence-corrected chi connectivity index (χ0v) is 14.4. The molecule has 6 heteroatoms. The topological polar surface area (TPSA) is 69.8 Å². The second kappa shape index (κ2) is 7.15. The quantitative estimate of drug-likeness (QED) is 0.591. The summed E-state index contributed by atoms with van der Waals surface area (Å²) < 4.78 is 13.4. The van der Waals surface area contributed by atoms with Gasteiger partial charge in [-0.2, -0.15) is 0 Å².